The Morgan fingerprint density at radius 2 is 1.97 bits per heavy atom. The van der Waals surface area contributed by atoms with E-state index in [2.05, 4.69) is 64.1 Å². The summed E-state index contributed by atoms with van der Waals surface area (Å²) in [6.07, 6.45) is 4.99. The summed E-state index contributed by atoms with van der Waals surface area (Å²) >= 11 is 2.28. The van der Waals surface area contributed by atoms with Crippen LogP contribution in [0.3, 0.4) is 0 Å². The zero-order valence-electron chi connectivity index (χ0n) is 18.4. The fourth-order valence-corrected chi connectivity index (χ4v) is 4.85. The molecular formula is C25H19IN8O+. The number of rotatable bonds is 5. The molecule has 1 atom stereocenters. The molecule has 6 rings (SSSR count). The molecule has 0 aliphatic carbocycles. The van der Waals surface area contributed by atoms with E-state index in [1.807, 2.05) is 48.5 Å². The van der Waals surface area contributed by atoms with Crippen LogP contribution < -0.4 is 10.3 Å². The second-order valence-corrected chi connectivity index (χ2v) is 9.37. The Hall–Kier alpha value is -3.77. The Labute approximate surface area is 214 Å². The van der Waals surface area contributed by atoms with Crippen molar-refractivity contribution in [2.45, 2.75) is 12.1 Å². The number of aliphatic hydroxyl groups is 1. The summed E-state index contributed by atoms with van der Waals surface area (Å²) < 4.78 is 1.14. The Morgan fingerprint density at radius 3 is 2.86 bits per heavy atom. The van der Waals surface area contributed by atoms with E-state index in [4.69, 9.17) is 4.99 Å². The number of hydrogen-bond acceptors (Lipinski definition) is 8. The molecule has 0 amide bonds. The molecule has 3 N–H and O–H groups in total. The molecule has 10 heteroatoms. The smallest absolute Gasteiger partial charge is 0.329 e. The van der Waals surface area contributed by atoms with Crippen molar-refractivity contribution in [1.82, 2.24) is 25.5 Å². The van der Waals surface area contributed by atoms with Crippen molar-refractivity contribution in [2.24, 2.45) is 15.0 Å². The van der Waals surface area contributed by atoms with Crippen LogP contribution in [0.15, 0.2) is 82.0 Å². The predicted octanol–water partition coefficient (Wildman–Crippen LogP) is 2.69. The number of aliphatic hydroxyl groups excluding tert-OH is 1. The minimum Gasteiger partial charge on any atom is -0.391 e. The third-order valence-corrected chi connectivity index (χ3v) is 6.68. The van der Waals surface area contributed by atoms with Crippen molar-refractivity contribution < 1.29 is 5.11 Å². The molecule has 0 spiro atoms. The van der Waals surface area contributed by atoms with Gasteiger partial charge in [0.2, 0.25) is 0 Å². The van der Waals surface area contributed by atoms with Gasteiger partial charge in [-0.25, -0.2) is 0 Å². The van der Waals surface area contributed by atoms with Crippen LogP contribution in [0.4, 0.5) is 0 Å². The number of nitrogens with zero attached hydrogens (tertiary/aromatic N) is 6. The van der Waals surface area contributed by atoms with E-state index in [9.17, 15) is 5.11 Å². The largest absolute Gasteiger partial charge is 0.391 e. The van der Waals surface area contributed by atoms with E-state index in [-0.39, 0.29) is 6.61 Å². The normalized spacial score (nSPS) is 18.7. The number of halogens is 1. The first-order chi connectivity index (χ1) is 17.2. The van der Waals surface area contributed by atoms with E-state index in [0.717, 1.165) is 31.2 Å². The second-order valence-electron chi connectivity index (χ2n) is 8.12. The Morgan fingerprint density at radius 1 is 1.06 bits per heavy atom. The first-order valence-electron chi connectivity index (χ1n) is 11.0. The number of pyridine rings is 1. The van der Waals surface area contributed by atoms with Gasteiger partial charge in [0, 0.05) is 27.9 Å². The summed E-state index contributed by atoms with van der Waals surface area (Å²) in [5.41, 5.74) is 2.03. The van der Waals surface area contributed by atoms with Gasteiger partial charge in [0.25, 0.3) is 17.7 Å². The highest BCUT2D eigenvalue weighted by molar-refractivity contribution is 14.1. The minimum atomic E-state index is -1.15. The van der Waals surface area contributed by atoms with E-state index in [0.29, 0.717) is 29.7 Å². The molecule has 0 saturated heterocycles. The number of benzene rings is 2. The van der Waals surface area contributed by atoms with Crippen LogP contribution in [0.5, 0.6) is 0 Å². The number of fused-ring (bicyclic) bond motifs is 2. The molecule has 0 saturated carbocycles. The molecule has 171 valence electrons. The first-order valence-corrected chi connectivity index (χ1v) is 12.0. The Bertz CT molecular complexity index is 1570. The minimum absolute atomic E-state index is 0.310. The van der Waals surface area contributed by atoms with Crippen molar-refractivity contribution in [1.29, 1.82) is 0 Å². The van der Waals surface area contributed by atoms with Crippen LogP contribution >= 0.6 is 22.6 Å². The first kappa shape index (κ1) is 21.7. The average Bonchev–Trinajstić information content (AvgIpc) is 3.54. The lowest BCUT2D eigenvalue weighted by Crippen LogP contribution is -2.55. The SMILES string of the molecule is OC[C@]12N=C[N+]=C1N=C(c1n[nH]cc1-c1nccc3ccccc13)N=C2NCc1cccc(I)c1. The lowest BCUT2D eigenvalue weighted by molar-refractivity contribution is 0.269. The number of aliphatic imine (C=N–C) groups is 4. The molecule has 2 aromatic carbocycles. The average molecular weight is 574 g/mol. The van der Waals surface area contributed by atoms with Crippen LogP contribution in [-0.4, -0.2) is 56.3 Å². The van der Waals surface area contributed by atoms with Crippen LogP contribution in [-0.2, 0) is 6.54 Å². The number of aromatic amines is 1. The van der Waals surface area contributed by atoms with Gasteiger partial charge in [-0.05, 0) is 51.7 Å². The van der Waals surface area contributed by atoms with Crippen LogP contribution in [0.25, 0.3) is 22.0 Å². The third kappa shape index (κ3) is 3.74. The van der Waals surface area contributed by atoms with Crippen LogP contribution in [0.1, 0.15) is 11.3 Å². The fraction of sp³-hybridized carbons (Fsp3) is 0.120. The number of amidine groups is 3. The van der Waals surface area contributed by atoms with E-state index in [1.165, 1.54) is 6.34 Å². The van der Waals surface area contributed by atoms with Gasteiger partial charge in [-0.2, -0.15) is 10.1 Å². The van der Waals surface area contributed by atoms with Gasteiger partial charge >= 0.3 is 5.84 Å². The molecule has 0 unspecified atom stereocenters. The molecule has 0 fully saturated rings. The third-order valence-electron chi connectivity index (χ3n) is 6.01. The van der Waals surface area contributed by atoms with Crippen LogP contribution in [0.2, 0.25) is 0 Å². The lowest BCUT2D eigenvalue weighted by atomic mass is 9.96. The maximum atomic E-state index is 10.3. The number of hydrogen-bond donors (Lipinski definition) is 3. The van der Waals surface area contributed by atoms with Crippen LogP contribution in [0, 0.1) is 3.57 Å². The fourth-order valence-electron chi connectivity index (χ4n) is 4.24. The quantitative estimate of drug-likeness (QED) is 0.317. The van der Waals surface area contributed by atoms with Gasteiger partial charge in [0.05, 0.1) is 11.3 Å². The lowest BCUT2D eigenvalue weighted by Gasteiger charge is -2.23. The highest BCUT2D eigenvalue weighted by atomic mass is 127. The predicted molar refractivity (Wildman–Crippen MR) is 145 cm³/mol. The van der Waals surface area contributed by atoms with Gasteiger partial charge in [0.15, 0.2) is 11.5 Å². The molecular weight excluding hydrogens is 555 g/mol. The molecule has 2 aromatic heterocycles. The molecule has 2 aliphatic rings. The van der Waals surface area contributed by atoms with Crippen molar-refractivity contribution in [3.05, 3.63) is 81.8 Å². The molecule has 1 radical (unpaired) electrons. The number of aromatic nitrogens is 3. The summed E-state index contributed by atoms with van der Waals surface area (Å²) in [7, 11) is 0. The van der Waals surface area contributed by atoms with Crippen molar-refractivity contribution in [3.8, 4) is 11.3 Å². The molecule has 35 heavy (non-hydrogen) atoms. The van der Waals surface area contributed by atoms with E-state index < -0.39 is 5.54 Å². The molecule has 4 aromatic rings. The van der Waals surface area contributed by atoms with Crippen molar-refractivity contribution >= 4 is 57.2 Å². The topological polar surface area (TPSA) is 125 Å². The number of nitrogens with one attached hydrogen (secondary N) is 2. The van der Waals surface area contributed by atoms with Crippen molar-refractivity contribution in [3.63, 3.8) is 0 Å². The second kappa shape index (κ2) is 8.78. The zero-order valence-corrected chi connectivity index (χ0v) is 20.5. The Balaban J connectivity index is 1.43. The van der Waals surface area contributed by atoms with E-state index >= 15 is 0 Å². The standard InChI is InChI=1S/C25H19IN8O/c26-17-6-3-4-15(10-17)11-28-23-25(13-35)24(29-14-30-25)33-22(32-23)21-19(12-31-34-21)20-18-7-2-1-5-16(18)8-9-27-20/h1-10,12,14,35H,11,13H2,(H,31,34)(H,28,32,33)/q+1/t25-/m1/s1. The highest BCUT2D eigenvalue weighted by Gasteiger charge is 2.55. The maximum absolute atomic E-state index is 10.3. The summed E-state index contributed by atoms with van der Waals surface area (Å²) in [6.45, 7) is 0.196. The summed E-state index contributed by atoms with van der Waals surface area (Å²) in [5, 5.41) is 23.2. The summed E-state index contributed by atoms with van der Waals surface area (Å²) in [5.74, 6) is 1.21. The summed E-state index contributed by atoms with van der Waals surface area (Å²) in [6, 6.07) is 18.2. The Kier molecular flexibility index (Phi) is 5.46. The molecule has 4 heterocycles. The van der Waals surface area contributed by atoms with Gasteiger partial charge in [0.1, 0.15) is 6.61 Å². The van der Waals surface area contributed by atoms with E-state index in [1.54, 1.807) is 12.4 Å². The van der Waals surface area contributed by atoms with Gasteiger partial charge in [-0.1, -0.05) is 46.4 Å². The monoisotopic (exact) mass is 574 g/mol. The maximum Gasteiger partial charge on any atom is 0.329 e. The molecule has 0 bridgehead atoms. The molecule has 2 aliphatic heterocycles. The van der Waals surface area contributed by atoms with Crippen molar-refractivity contribution in [2.75, 3.05) is 6.61 Å². The molecule has 9 nitrogen and oxygen atoms in total. The van der Waals surface area contributed by atoms with Gasteiger partial charge in [-0.3, -0.25) is 10.1 Å². The summed E-state index contributed by atoms with van der Waals surface area (Å²) in [4.78, 5) is 22.9. The van der Waals surface area contributed by atoms with Gasteiger partial charge < -0.3 is 10.4 Å². The van der Waals surface area contributed by atoms with Gasteiger partial charge in [-0.15, -0.1) is 4.99 Å². The zero-order chi connectivity index (χ0) is 23.8. The highest BCUT2D eigenvalue weighted by Crippen LogP contribution is 2.30. The number of H-pyrrole nitrogens is 1.